The molecule has 1 aliphatic heterocycles. The SMILES string of the molecule is Cc1c(C2CCCN2Cc2ccsc2)cnn1C. The van der Waals surface area contributed by atoms with Gasteiger partial charge >= 0.3 is 0 Å². The highest BCUT2D eigenvalue weighted by Gasteiger charge is 2.28. The van der Waals surface area contributed by atoms with Crippen molar-refractivity contribution in [2.24, 2.45) is 7.05 Å². The Kier molecular flexibility index (Phi) is 3.22. The van der Waals surface area contributed by atoms with Crippen LogP contribution < -0.4 is 0 Å². The molecule has 2 aromatic heterocycles. The van der Waals surface area contributed by atoms with Gasteiger partial charge in [0.05, 0.1) is 6.20 Å². The zero-order valence-corrected chi connectivity index (χ0v) is 11.8. The largest absolute Gasteiger partial charge is 0.292 e. The fourth-order valence-electron chi connectivity index (χ4n) is 2.83. The smallest absolute Gasteiger partial charge is 0.0540 e. The van der Waals surface area contributed by atoms with Gasteiger partial charge in [0, 0.05) is 30.9 Å². The quantitative estimate of drug-likeness (QED) is 0.846. The summed E-state index contributed by atoms with van der Waals surface area (Å²) in [5, 5.41) is 8.80. The van der Waals surface area contributed by atoms with Crippen molar-refractivity contribution in [2.75, 3.05) is 6.54 Å². The van der Waals surface area contributed by atoms with Gasteiger partial charge in [-0.15, -0.1) is 0 Å². The van der Waals surface area contributed by atoms with E-state index in [0.29, 0.717) is 6.04 Å². The van der Waals surface area contributed by atoms with E-state index in [1.807, 2.05) is 17.9 Å². The number of hydrogen-bond donors (Lipinski definition) is 0. The van der Waals surface area contributed by atoms with Crippen LogP contribution in [0, 0.1) is 6.92 Å². The highest BCUT2D eigenvalue weighted by molar-refractivity contribution is 7.07. The van der Waals surface area contributed by atoms with E-state index in [-0.39, 0.29) is 0 Å². The van der Waals surface area contributed by atoms with E-state index in [1.54, 1.807) is 11.3 Å². The van der Waals surface area contributed by atoms with Crippen molar-refractivity contribution in [3.8, 4) is 0 Å². The molecule has 96 valence electrons. The second-order valence-corrected chi connectivity index (χ2v) is 5.85. The molecule has 1 saturated heterocycles. The molecule has 0 N–H and O–H groups in total. The second kappa shape index (κ2) is 4.86. The maximum Gasteiger partial charge on any atom is 0.0540 e. The average Bonchev–Trinajstić information content (AvgIpc) is 3.06. The molecule has 0 saturated carbocycles. The van der Waals surface area contributed by atoms with Crippen molar-refractivity contribution in [3.63, 3.8) is 0 Å². The summed E-state index contributed by atoms with van der Waals surface area (Å²) in [4.78, 5) is 2.59. The normalized spacial score (nSPS) is 20.7. The molecular formula is C14H19N3S. The van der Waals surface area contributed by atoms with E-state index < -0.39 is 0 Å². The van der Waals surface area contributed by atoms with Gasteiger partial charge in [0.2, 0.25) is 0 Å². The lowest BCUT2D eigenvalue weighted by molar-refractivity contribution is 0.248. The highest BCUT2D eigenvalue weighted by Crippen LogP contribution is 2.34. The third-order valence-electron chi connectivity index (χ3n) is 3.96. The van der Waals surface area contributed by atoms with E-state index in [0.717, 1.165) is 6.54 Å². The molecule has 3 nitrogen and oxygen atoms in total. The van der Waals surface area contributed by atoms with Gasteiger partial charge in [0.15, 0.2) is 0 Å². The van der Waals surface area contributed by atoms with Crippen LogP contribution in [0.1, 0.15) is 35.7 Å². The van der Waals surface area contributed by atoms with Crippen molar-refractivity contribution in [3.05, 3.63) is 39.8 Å². The molecule has 1 fully saturated rings. The number of aryl methyl sites for hydroxylation is 1. The summed E-state index contributed by atoms with van der Waals surface area (Å²) in [6.07, 6.45) is 4.60. The van der Waals surface area contributed by atoms with Crippen molar-refractivity contribution in [2.45, 2.75) is 32.4 Å². The van der Waals surface area contributed by atoms with E-state index in [2.05, 4.69) is 33.7 Å². The summed E-state index contributed by atoms with van der Waals surface area (Å²) in [5.41, 5.74) is 4.15. The van der Waals surface area contributed by atoms with Gasteiger partial charge in [0.25, 0.3) is 0 Å². The van der Waals surface area contributed by atoms with E-state index in [1.165, 1.54) is 36.2 Å². The Balaban J connectivity index is 1.81. The van der Waals surface area contributed by atoms with Gasteiger partial charge in [-0.05, 0) is 48.7 Å². The van der Waals surface area contributed by atoms with Crippen LogP contribution in [0.15, 0.2) is 23.0 Å². The van der Waals surface area contributed by atoms with Crippen LogP contribution in [0.3, 0.4) is 0 Å². The number of likely N-dealkylation sites (tertiary alicyclic amines) is 1. The summed E-state index contributed by atoms with van der Waals surface area (Å²) in [6, 6.07) is 2.79. The fraction of sp³-hybridized carbons (Fsp3) is 0.500. The number of rotatable bonds is 3. The maximum absolute atomic E-state index is 4.38. The summed E-state index contributed by atoms with van der Waals surface area (Å²) in [7, 11) is 2.02. The number of aromatic nitrogens is 2. The molecule has 0 amide bonds. The van der Waals surface area contributed by atoms with E-state index in [4.69, 9.17) is 0 Å². The molecule has 1 atom stereocenters. The van der Waals surface area contributed by atoms with Crippen molar-refractivity contribution >= 4 is 11.3 Å². The van der Waals surface area contributed by atoms with Crippen LogP contribution in [-0.2, 0) is 13.6 Å². The fourth-order valence-corrected chi connectivity index (χ4v) is 3.49. The van der Waals surface area contributed by atoms with Crippen molar-refractivity contribution < 1.29 is 0 Å². The first kappa shape index (κ1) is 11.9. The zero-order chi connectivity index (χ0) is 12.5. The molecule has 0 aromatic carbocycles. The standard InChI is InChI=1S/C14H19N3S/c1-11-13(8-15-16(11)2)14-4-3-6-17(14)9-12-5-7-18-10-12/h5,7-8,10,14H,3-4,6,9H2,1-2H3. The molecule has 18 heavy (non-hydrogen) atoms. The van der Waals surface area contributed by atoms with Crippen LogP contribution in [-0.4, -0.2) is 21.2 Å². The first-order valence-corrected chi connectivity index (χ1v) is 7.43. The van der Waals surface area contributed by atoms with E-state index in [9.17, 15) is 0 Å². The molecule has 1 aliphatic rings. The summed E-state index contributed by atoms with van der Waals surface area (Å²) in [6.45, 7) is 4.45. The molecule has 0 spiro atoms. The summed E-state index contributed by atoms with van der Waals surface area (Å²) in [5.74, 6) is 0. The third-order valence-corrected chi connectivity index (χ3v) is 4.69. The maximum atomic E-state index is 4.38. The van der Waals surface area contributed by atoms with E-state index >= 15 is 0 Å². The predicted molar refractivity (Wildman–Crippen MR) is 74.6 cm³/mol. The minimum Gasteiger partial charge on any atom is -0.292 e. The molecule has 0 bridgehead atoms. The molecule has 3 heterocycles. The average molecular weight is 261 g/mol. The number of hydrogen-bond acceptors (Lipinski definition) is 3. The topological polar surface area (TPSA) is 21.1 Å². The zero-order valence-electron chi connectivity index (χ0n) is 11.0. The van der Waals surface area contributed by atoms with Crippen molar-refractivity contribution in [1.29, 1.82) is 0 Å². The van der Waals surface area contributed by atoms with Crippen LogP contribution in [0.4, 0.5) is 0 Å². The van der Waals surface area contributed by atoms with Crippen molar-refractivity contribution in [1.82, 2.24) is 14.7 Å². The first-order valence-electron chi connectivity index (χ1n) is 6.49. The van der Waals surface area contributed by atoms with Crippen LogP contribution >= 0.6 is 11.3 Å². The Bertz CT molecular complexity index is 515. The Morgan fingerprint density at radius 1 is 1.50 bits per heavy atom. The van der Waals surface area contributed by atoms with Gasteiger partial charge in [-0.25, -0.2) is 0 Å². The third kappa shape index (κ3) is 2.10. The lowest BCUT2D eigenvalue weighted by Gasteiger charge is -2.24. The Morgan fingerprint density at radius 2 is 2.39 bits per heavy atom. The minimum absolute atomic E-state index is 0.554. The molecular weight excluding hydrogens is 242 g/mol. The lowest BCUT2D eigenvalue weighted by Crippen LogP contribution is -2.22. The van der Waals surface area contributed by atoms with Gasteiger partial charge in [-0.2, -0.15) is 16.4 Å². The molecule has 2 aromatic rings. The summed E-state index contributed by atoms with van der Waals surface area (Å²) < 4.78 is 1.98. The monoisotopic (exact) mass is 261 g/mol. The van der Waals surface area contributed by atoms with Gasteiger partial charge in [-0.3, -0.25) is 9.58 Å². The van der Waals surface area contributed by atoms with Gasteiger partial charge in [-0.1, -0.05) is 0 Å². The first-order chi connectivity index (χ1) is 8.75. The Hall–Kier alpha value is -1.13. The van der Waals surface area contributed by atoms with Crippen LogP contribution in [0.2, 0.25) is 0 Å². The minimum atomic E-state index is 0.554. The molecule has 0 aliphatic carbocycles. The highest BCUT2D eigenvalue weighted by atomic mass is 32.1. The second-order valence-electron chi connectivity index (χ2n) is 5.07. The lowest BCUT2D eigenvalue weighted by atomic mass is 10.1. The number of thiophene rings is 1. The number of nitrogens with zero attached hydrogens (tertiary/aromatic N) is 3. The Morgan fingerprint density at radius 3 is 3.06 bits per heavy atom. The van der Waals surface area contributed by atoms with Gasteiger partial charge < -0.3 is 0 Å². The molecule has 0 radical (unpaired) electrons. The Labute approximate surface area is 112 Å². The van der Waals surface area contributed by atoms with Crippen LogP contribution in [0.25, 0.3) is 0 Å². The molecule has 1 unspecified atom stereocenters. The van der Waals surface area contributed by atoms with Gasteiger partial charge in [0.1, 0.15) is 0 Å². The van der Waals surface area contributed by atoms with Crippen LogP contribution in [0.5, 0.6) is 0 Å². The summed E-state index contributed by atoms with van der Waals surface area (Å²) >= 11 is 1.78. The predicted octanol–water partition coefficient (Wildman–Crippen LogP) is 3.13. The molecule has 4 heteroatoms. The molecule has 3 rings (SSSR count).